The summed E-state index contributed by atoms with van der Waals surface area (Å²) in [5.74, 6) is 0.710. The van der Waals surface area contributed by atoms with E-state index in [4.69, 9.17) is 10.5 Å². The van der Waals surface area contributed by atoms with Crippen LogP contribution in [0.4, 0.5) is 0 Å². The summed E-state index contributed by atoms with van der Waals surface area (Å²) in [5, 5.41) is 0. The Bertz CT molecular complexity index is 500. The lowest BCUT2D eigenvalue weighted by Crippen LogP contribution is -2.34. The number of nitrogens with two attached hydrogens (primary N) is 1. The van der Waals surface area contributed by atoms with Crippen molar-refractivity contribution in [2.24, 2.45) is 5.73 Å². The van der Waals surface area contributed by atoms with Crippen molar-refractivity contribution in [1.29, 1.82) is 0 Å². The van der Waals surface area contributed by atoms with Crippen molar-refractivity contribution in [2.75, 3.05) is 12.4 Å². The van der Waals surface area contributed by atoms with Crippen LogP contribution in [0.1, 0.15) is 39.3 Å². The van der Waals surface area contributed by atoms with Crippen LogP contribution < -0.4 is 10.5 Å². The zero-order valence-electron chi connectivity index (χ0n) is 12.0. The normalized spacial score (nSPS) is 14.2. The molecule has 5 heteroatoms. The van der Waals surface area contributed by atoms with Crippen molar-refractivity contribution >= 4 is 9.84 Å². The molecule has 0 amide bonds. The fourth-order valence-corrected chi connectivity index (χ4v) is 2.73. The Balaban J connectivity index is 2.81. The third-order valence-corrected chi connectivity index (χ3v) is 5.62. The third kappa shape index (κ3) is 4.21. The van der Waals surface area contributed by atoms with Gasteiger partial charge in [0.25, 0.3) is 0 Å². The maximum Gasteiger partial charge on any atom is 0.157 e. The molecule has 4 nitrogen and oxygen atoms in total. The van der Waals surface area contributed by atoms with Crippen LogP contribution in [0.25, 0.3) is 0 Å². The molecule has 1 aromatic rings. The van der Waals surface area contributed by atoms with Gasteiger partial charge in [0, 0.05) is 6.04 Å². The van der Waals surface area contributed by atoms with Gasteiger partial charge < -0.3 is 10.5 Å². The molecule has 1 atom stereocenters. The summed E-state index contributed by atoms with van der Waals surface area (Å²) < 4.78 is 28.8. The molecule has 1 unspecified atom stereocenters. The number of ether oxygens (including phenoxy) is 1. The van der Waals surface area contributed by atoms with Gasteiger partial charge in [0.05, 0.1) is 17.1 Å². The summed E-state index contributed by atoms with van der Waals surface area (Å²) in [6.45, 7) is 7.58. The molecule has 108 valence electrons. The van der Waals surface area contributed by atoms with Gasteiger partial charge in [-0.25, -0.2) is 8.42 Å². The summed E-state index contributed by atoms with van der Waals surface area (Å²) >= 11 is 0. The smallest absolute Gasteiger partial charge is 0.157 e. The van der Waals surface area contributed by atoms with Gasteiger partial charge in [-0.15, -0.1) is 0 Å². The van der Waals surface area contributed by atoms with Crippen molar-refractivity contribution < 1.29 is 13.2 Å². The minimum Gasteiger partial charge on any atom is -0.494 e. The molecule has 19 heavy (non-hydrogen) atoms. The van der Waals surface area contributed by atoms with Gasteiger partial charge in [0.1, 0.15) is 5.75 Å². The average Bonchev–Trinajstić information content (AvgIpc) is 2.28. The second-order valence-corrected chi connectivity index (χ2v) is 8.29. The quantitative estimate of drug-likeness (QED) is 0.901. The van der Waals surface area contributed by atoms with Crippen molar-refractivity contribution in [2.45, 2.75) is 38.5 Å². The van der Waals surface area contributed by atoms with Gasteiger partial charge in [0.15, 0.2) is 9.84 Å². The van der Waals surface area contributed by atoms with Crippen molar-refractivity contribution in [3.8, 4) is 5.75 Å². The number of benzene rings is 1. The number of hydrogen-bond acceptors (Lipinski definition) is 4. The van der Waals surface area contributed by atoms with Gasteiger partial charge >= 0.3 is 0 Å². The molecule has 0 saturated heterocycles. The summed E-state index contributed by atoms with van der Waals surface area (Å²) in [5.41, 5.74) is 6.78. The van der Waals surface area contributed by atoms with E-state index in [1.165, 1.54) is 0 Å². The molecular formula is C14H23NO3S. The van der Waals surface area contributed by atoms with E-state index < -0.39 is 20.6 Å². The van der Waals surface area contributed by atoms with Crippen LogP contribution in [0.3, 0.4) is 0 Å². The largest absolute Gasteiger partial charge is 0.494 e. The standard InChI is InChI=1S/C14H23NO3S/c1-5-18-12-8-6-11(7-9-12)13(15)10-19(16,17)14(2,3)4/h6-9,13H,5,10,15H2,1-4H3. The molecule has 1 aromatic carbocycles. The lowest BCUT2D eigenvalue weighted by molar-refractivity contribution is 0.340. The van der Waals surface area contributed by atoms with E-state index in [1.807, 2.05) is 31.2 Å². The summed E-state index contributed by atoms with van der Waals surface area (Å²) in [6, 6.07) is 6.73. The van der Waals surface area contributed by atoms with Crippen LogP contribution in [0, 0.1) is 0 Å². The van der Waals surface area contributed by atoms with Gasteiger partial charge in [-0.1, -0.05) is 12.1 Å². The highest BCUT2D eigenvalue weighted by molar-refractivity contribution is 7.92. The van der Waals surface area contributed by atoms with Crippen LogP contribution in [-0.4, -0.2) is 25.5 Å². The van der Waals surface area contributed by atoms with Gasteiger partial charge in [-0.3, -0.25) is 0 Å². The SMILES string of the molecule is CCOc1ccc(C(N)CS(=O)(=O)C(C)(C)C)cc1. The van der Waals surface area contributed by atoms with E-state index in [9.17, 15) is 8.42 Å². The van der Waals surface area contributed by atoms with E-state index in [1.54, 1.807) is 20.8 Å². The van der Waals surface area contributed by atoms with Gasteiger partial charge in [0.2, 0.25) is 0 Å². The van der Waals surface area contributed by atoms with Crippen LogP contribution in [0.5, 0.6) is 5.75 Å². The van der Waals surface area contributed by atoms with Crippen LogP contribution in [0.15, 0.2) is 24.3 Å². The number of rotatable bonds is 5. The van der Waals surface area contributed by atoms with Crippen molar-refractivity contribution in [3.05, 3.63) is 29.8 Å². The summed E-state index contributed by atoms with van der Waals surface area (Å²) in [4.78, 5) is 0. The molecule has 0 aliphatic rings. The molecular weight excluding hydrogens is 262 g/mol. The molecule has 0 aromatic heterocycles. The number of hydrogen-bond donors (Lipinski definition) is 1. The van der Waals surface area contributed by atoms with Crippen LogP contribution in [0.2, 0.25) is 0 Å². The Morgan fingerprint density at radius 3 is 2.16 bits per heavy atom. The fraction of sp³-hybridized carbons (Fsp3) is 0.571. The van der Waals surface area contributed by atoms with Crippen LogP contribution >= 0.6 is 0 Å². The topological polar surface area (TPSA) is 69.4 Å². The fourth-order valence-electron chi connectivity index (χ4n) is 1.56. The van der Waals surface area contributed by atoms with Crippen molar-refractivity contribution in [1.82, 2.24) is 0 Å². The van der Waals surface area contributed by atoms with Gasteiger partial charge in [-0.2, -0.15) is 0 Å². The Labute approximate surface area is 115 Å². The molecule has 2 N–H and O–H groups in total. The molecule has 0 fully saturated rings. The molecule has 0 aliphatic heterocycles. The van der Waals surface area contributed by atoms with Gasteiger partial charge in [-0.05, 0) is 45.4 Å². The Kier molecular flexibility index (Phi) is 4.98. The van der Waals surface area contributed by atoms with Crippen LogP contribution in [-0.2, 0) is 9.84 Å². The highest BCUT2D eigenvalue weighted by atomic mass is 32.2. The molecule has 0 aliphatic carbocycles. The number of sulfone groups is 1. The highest BCUT2D eigenvalue weighted by Gasteiger charge is 2.30. The predicted octanol–water partition coefficient (Wildman–Crippen LogP) is 2.30. The van der Waals surface area contributed by atoms with E-state index in [0.29, 0.717) is 6.61 Å². The highest BCUT2D eigenvalue weighted by Crippen LogP contribution is 2.23. The molecule has 0 saturated carbocycles. The van der Waals surface area contributed by atoms with E-state index in [2.05, 4.69) is 0 Å². The van der Waals surface area contributed by atoms with E-state index in [0.717, 1.165) is 11.3 Å². The molecule has 0 radical (unpaired) electrons. The second kappa shape index (κ2) is 5.92. The molecule has 0 spiro atoms. The third-order valence-electron chi connectivity index (χ3n) is 2.95. The zero-order chi connectivity index (χ0) is 14.7. The summed E-state index contributed by atoms with van der Waals surface area (Å²) in [7, 11) is -3.22. The molecule has 0 heterocycles. The average molecular weight is 285 g/mol. The minimum atomic E-state index is -3.22. The monoisotopic (exact) mass is 285 g/mol. The first kappa shape index (κ1) is 16.0. The Morgan fingerprint density at radius 1 is 1.21 bits per heavy atom. The van der Waals surface area contributed by atoms with E-state index >= 15 is 0 Å². The minimum absolute atomic E-state index is 0.0511. The predicted molar refractivity (Wildman–Crippen MR) is 78.1 cm³/mol. The second-order valence-electron chi connectivity index (χ2n) is 5.50. The summed E-state index contributed by atoms with van der Waals surface area (Å²) in [6.07, 6.45) is 0. The maximum absolute atomic E-state index is 12.1. The first-order valence-corrected chi connectivity index (χ1v) is 8.03. The Hall–Kier alpha value is -1.07. The zero-order valence-corrected chi connectivity index (χ0v) is 12.8. The molecule has 0 bridgehead atoms. The first-order chi connectivity index (χ1) is 8.67. The molecule has 1 rings (SSSR count). The lowest BCUT2D eigenvalue weighted by atomic mass is 10.1. The Morgan fingerprint density at radius 2 is 1.74 bits per heavy atom. The first-order valence-electron chi connectivity index (χ1n) is 6.38. The maximum atomic E-state index is 12.1. The van der Waals surface area contributed by atoms with E-state index in [-0.39, 0.29) is 5.75 Å². The lowest BCUT2D eigenvalue weighted by Gasteiger charge is -2.22. The van der Waals surface area contributed by atoms with Crippen molar-refractivity contribution in [3.63, 3.8) is 0 Å².